The molecule has 2 aromatic rings. The molecule has 1 heterocycles. The summed E-state index contributed by atoms with van der Waals surface area (Å²) in [6.07, 6.45) is 0. The van der Waals surface area contributed by atoms with Crippen LogP contribution in [0, 0.1) is 0 Å². The molecule has 3 heteroatoms. The molecule has 0 N–H and O–H groups in total. The summed E-state index contributed by atoms with van der Waals surface area (Å²) in [5.74, 6) is 0. The van der Waals surface area contributed by atoms with E-state index in [0.29, 0.717) is 0 Å². The van der Waals surface area contributed by atoms with Gasteiger partial charge in [0.05, 0.1) is 13.2 Å². The molecule has 1 aliphatic rings. The summed E-state index contributed by atoms with van der Waals surface area (Å²) in [6, 6.07) is 21.5. The molecule has 0 saturated carbocycles. The average molecular weight is 310 g/mol. The monoisotopic (exact) mass is 310 g/mol. The first-order valence-corrected chi connectivity index (χ1v) is 8.50. The molecule has 0 unspecified atom stereocenters. The first kappa shape index (κ1) is 16.2. The maximum Gasteiger partial charge on any atom is 0.0594 e. The second kappa shape index (κ2) is 8.82. The van der Waals surface area contributed by atoms with Crippen molar-refractivity contribution in [3.63, 3.8) is 0 Å². The number of rotatable bonds is 7. The van der Waals surface area contributed by atoms with Crippen molar-refractivity contribution < 1.29 is 4.74 Å². The SMILES string of the molecule is c1ccc(CN(CCN2CCOCC2)Cc2ccccc2)cc1. The fraction of sp³-hybridized carbons (Fsp3) is 0.400. The smallest absolute Gasteiger partial charge is 0.0594 e. The predicted molar refractivity (Wildman–Crippen MR) is 94.3 cm³/mol. The van der Waals surface area contributed by atoms with Gasteiger partial charge in [0.15, 0.2) is 0 Å². The molecule has 122 valence electrons. The van der Waals surface area contributed by atoms with Crippen molar-refractivity contribution in [1.29, 1.82) is 0 Å². The minimum Gasteiger partial charge on any atom is -0.379 e. The molecule has 23 heavy (non-hydrogen) atoms. The highest BCUT2D eigenvalue weighted by molar-refractivity contribution is 5.17. The maximum atomic E-state index is 5.44. The van der Waals surface area contributed by atoms with E-state index in [4.69, 9.17) is 4.74 Å². The molecule has 1 saturated heterocycles. The summed E-state index contributed by atoms with van der Waals surface area (Å²) in [5, 5.41) is 0. The molecule has 0 atom stereocenters. The number of ether oxygens (including phenoxy) is 1. The van der Waals surface area contributed by atoms with Crippen LogP contribution in [0.3, 0.4) is 0 Å². The molecule has 1 aliphatic heterocycles. The van der Waals surface area contributed by atoms with Crippen LogP contribution in [0.1, 0.15) is 11.1 Å². The zero-order valence-corrected chi connectivity index (χ0v) is 13.7. The normalized spacial score (nSPS) is 15.9. The van der Waals surface area contributed by atoms with Crippen molar-refractivity contribution >= 4 is 0 Å². The quantitative estimate of drug-likeness (QED) is 0.782. The Balaban J connectivity index is 1.60. The van der Waals surface area contributed by atoms with Crippen LogP contribution in [-0.4, -0.2) is 49.2 Å². The highest BCUT2D eigenvalue weighted by Gasteiger charge is 2.13. The van der Waals surface area contributed by atoms with E-state index in [1.807, 2.05) is 0 Å². The third kappa shape index (κ3) is 5.47. The van der Waals surface area contributed by atoms with E-state index in [1.54, 1.807) is 0 Å². The van der Waals surface area contributed by atoms with Crippen LogP contribution in [0.25, 0.3) is 0 Å². The molecule has 3 nitrogen and oxygen atoms in total. The van der Waals surface area contributed by atoms with Crippen LogP contribution in [0.15, 0.2) is 60.7 Å². The highest BCUT2D eigenvalue weighted by Crippen LogP contribution is 2.10. The molecule has 1 fully saturated rings. The van der Waals surface area contributed by atoms with Gasteiger partial charge in [0.2, 0.25) is 0 Å². The van der Waals surface area contributed by atoms with Gasteiger partial charge < -0.3 is 4.74 Å². The standard InChI is InChI=1S/C20H26N2O/c1-3-7-19(8-4-1)17-22(18-20-9-5-2-6-10-20)12-11-21-13-15-23-16-14-21/h1-10H,11-18H2. The lowest BCUT2D eigenvalue weighted by atomic mass is 10.1. The zero-order valence-electron chi connectivity index (χ0n) is 13.7. The van der Waals surface area contributed by atoms with Gasteiger partial charge in [-0.05, 0) is 11.1 Å². The Hall–Kier alpha value is -1.68. The third-order valence-electron chi connectivity index (χ3n) is 4.33. The molecule has 0 aliphatic carbocycles. The van der Waals surface area contributed by atoms with E-state index in [2.05, 4.69) is 70.5 Å². The lowest BCUT2D eigenvalue weighted by Gasteiger charge is -2.30. The van der Waals surface area contributed by atoms with Gasteiger partial charge in [-0.15, -0.1) is 0 Å². The van der Waals surface area contributed by atoms with Crippen molar-refractivity contribution in [3.05, 3.63) is 71.8 Å². The summed E-state index contributed by atoms with van der Waals surface area (Å²) < 4.78 is 5.44. The Kier molecular flexibility index (Phi) is 6.21. The van der Waals surface area contributed by atoms with Crippen LogP contribution in [0.2, 0.25) is 0 Å². The fourth-order valence-corrected chi connectivity index (χ4v) is 3.00. The molecule has 2 aromatic carbocycles. The number of morpholine rings is 1. The molecule has 0 radical (unpaired) electrons. The summed E-state index contributed by atoms with van der Waals surface area (Å²) in [4.78, 5) is 5.05. The minimum atomic E-state index is 0.872. The molecule has 3 rings (SSSR count). The topological polar surface area (TPSA) is 15.7 Å². The van der Waals surface area contributed by atoms with Crippen molar-refractivity contribution in [2.24, 2.45) is 0 Å². The van der Waals surface area contributed by atoms with Gasteiger partial charge in [0, 0.05) is 39.3 Å². The second-order valence-corrected chi connectivity index (χ2v) is 6.14. The number of hydrogen-bond donors (Lipinski definition) is 0. The Bertz CT molecular complexity index is 511. The van der Waals surface area contributed by atoms with E-state index in [-0.39, 0.29) is 0 Å². The van der Waals surface area contributed by atoms with Crippen molar-refractivity contribution in [2.45, 2.75) is 13.1 Å². The molecule has 0 amide bonds. The van der Waals surface area contributed by atoms with E-state index in [9.17, 15) is 0 Å². The van der Waals surface area contributed by atoms with Gasteiger partial charge in [-0.2, -0.15) is 0 Å². The zero-order chi connectivity index (χ0) is 15.7. The first-order valence-electron chi connectivity index (χ1n) is 8.50. The number of benzene rings is 2. The van der Waals surface area contributed by atoms with Crippen molar-refractivity contribution in [2.75, 3.05) is 39.4 Å². The largest absolute Gasteiger partial charge is 0.379 e. The van der Waals surface area contributed by atoms with E-state index >= 15 is 0 Å². The average Bonchev–Trinajstić information content (AvgIpc) is 2.62. The van der Waals surface area contributed by atoms with Gasteiger partial charge >= 0.3 is 0 Å². The van der Waals surface area contributed by atoms with Gasteiger partial charge in [0.1, 0.15) is 0 Å². The molecular weight excluding hydrogens is 284 g/mol. The summed E-state index contributed by atoms with van der Waals surface area (Å²) in [6.45, 7) is 8.07. The fourth-order valence-electron chi connectivity index (χ4n) is 3.00. The first-order chi connectivity index (χ1) is 11.4. The lowest BCUT2D eigenvalue weighted by Crippen LogP contribution is -2.41. The van der Waals surface area contributed by atoms with Crippen molar-refractivity contribution in [3.8, 4) is 0 Å². The van der Waals surface area contributed by atoms with Gasteiger partial charge in [-0.1, -0.05) is 60.7 Å². The summed E-state index contributed by atoms with van der Waals surface area (Å²) >= 11 is 0. The van der Waals surface area contributed by atoms with Crippen LogP contribution < -0.4 is 0 Å². The predicted octanol–water partition coefficient (Wildman–Crippen LogP) is 3.02. The molecule has 0 aromatic heterocycles. The van der Waals surface area contributed by atoms with Gasteiger partial charge in [-0.25, -0.2) is 0 Å². The molecule has 0 spiro atoms. The van der Waals surface area contributed by atoms with Crippen LogP contribution in [0.4, 0.5) is 0 Å². The van der Waals surface area contributed by atoms with Gasteiger partial charge in [0.25, 0.3) is 0 Å². The lowest BCUT2D eigenvalue weighted by molar-refractivity contribution is 0.0325. The van der Waals surface area contributed by atoms with Crippen LogP contribution in [-0.2, 0) is 17.8 Å². The Morgan fingerprint density at radius 2 is 1.30 bits per heavy atom. The maximum absolute atomic E-state index is 5.44. The summed E-state index contributed by atoms with van der Waals surface area (Å²) in [5.41, 5.74) is 2.76. The second-order valence-electron chi connectivity index (χ2n) is 6.14. The van der Waals surface area contributed by atoms with E-state index < -0.39 is 0 Å². The van der Waals surface area contributed by atoms with Crippen LogP contribution >= 0.6 is 0 Å². The molecule has 0 bridgehead atoms. The van der Waals surface area contributed by atoms with E-state index in [0.717, 1.165) is 52.5 Å². The van der Waals surface area contributed by atoms with E-state index in [1.165, 1.54) is 11.1 Å². The highest BCUT2D eigenvalue weighted by atomic mass is 16.5. The third-order valence-corrected chi connectivity index (χ3v) is 4.33. The number of hydrogen-bond acceptors (Lipinski definition) is 3. The number of nitrogens with zero attached hydrogens (tertiary/aromatic N) is 2. The van der Waals surface area contributed by atoms with Crippen LogP contribution in [0.5, 0.6) is 0 Å². The Labute approximate surface area is 139 Å². The summed E-state index contributed by atoms with van der Waals surface area (Å²) in [7, 11) is 0. The Morgan fingerprint density at radius 1 is 0.783 bits per heavy atom. The molecular formula is C20H26N2O. The van der Waals surface area contributed by atoms with Crippen molar-refractivity contribution in [1.82, 2.24) is 9.80 Å². The Morgan fingerprint density at radius 3 is 1.83 bits per heavy atom. The van der Waals surface area contributed by atoms with Gasteiger partial charge in [-0.3, -0.25) is 9.80 Å². The minimum absolute atomic E-state index is 0.872.